The van der Waals surface area contributed by atoms with Gasteiger partial charge in [0, 0.05) is 16.8 Å². The average molecular weight is 388 g/mol. The Hall–Kier alpha value is -4.05. The highest BCUT2D eigenvalue weighted by Crippen LogP contribution is 2.30. The molecule has 4 aromatic rings. The van der Waals surface area contributed by atoms with E-state index in [4.69, 9.17) is 5.26 Å². The van der Waals surface area contributed by atoms with Gasteiger partial charge in [0.1, 0.15) is 5.82 Å². The number of benzene rings is 3. The topological polar surface area (TPSA) is 70.7 Å². The Bertz CT molecular complexity index is 1240. The lowest BCUT2D eigenvalue weighted by molar-refractivity contribution is 0.0764. The summed E-state index contributed by atoms with van der Waals surface area (Å²) in [5, 5.41) is 11.7. The second-order valence-corrected chi connectivity index (χ2v) is 6.30. The minimum atomic E-state index is -2.73. The van der Waals surface area contributed by atoms with Gasteiger partial charge >= 0.3 is 6.55 Å². The van der Waals surface area contributed by atoms with Crippen molar-refractivity contribution in [3.05, 3.63) is 83.9 Å². The predicted molar refractivity (Wildman–Crippen MR) is 106 cm³/mol. The van der Waals surface area contributed by atoms with Gasteiger partial charge in [0.15, 0.2) is 0 Å². The number of hydrogen-bond donors (Lipinski definition) is 1. The van der Waals surface area contributed by atoms with E-state index in [1.807, 2.05) is 6.07 Å². The number of carbonyl (C=O) groups excluding carboxylic acids is 1. The minimum absolute atomic E-state index is 0.154. The van der Waals surface area contributed by atoms with Crippen LogP contribution in [0.2, 0.25) is 0 Å². The molecule has 0 aliphatic carbocycles. The third-order valence-electron chi connectivity index (χ3n) is 4.45. The van der Waals surface area contributed by atoms with E-state index in [2.05, 4.69) is 10.3 Å². The van der Waals surface area contributed by atoms with Crippen molar-refractivity contribution in [1.29, 1.82) is 5.26 Å². The van der Waals surface area contributed by atoms with Crippen molar-refractivity contribution in [3.8, 4) is 17.5 Å². The summed E-state index contributed by atoms with van der Waals surface area (Å²) in [6.07, 6.45) is 0. The lowest BCUT2D eigenvalue weighted by Gasteiger charge is -2.09. The van der Waals surface area contributed by atoms with E-state index in [-0.39, 0.29) is 11.7 Å². The number of hydrogen-bond acceptors (Lipinski definition) is 3. The number of nitriles is 1. The Balaban J connectivity index is 1.62. The van der Waals surface area contributed by atoms with E-state index in [1.165, 1.54) is 6.07 Å². The Labute approximate surface area is 164 Å². The first-order chi connectivity index (χ1) is 14.1. The number of amides is 1. The van der Waals surface area contributed by atoms with Crippen LogP contribution in [-0.4, -0.2) is 15.5 Å². The van der Waals surface area contributed by atoms with Gasteiger partial charge in [0.2, 0.25) is 0 Å². The van der Waals surface area contributed by atoms with Crippen molar-refractivity contribution in [2.45, 2.75) is 6.55 Å². The van der Waals surface area contributed by atoms with E-state index in [0.29, 0.717) is 33.4 Å². The number of anilines is 1. The molecule has 1 heterocycles. The molecule has 3 aromatic carbocycles. The lowest BCUT2D eigenvalue weighted by atomic mass is 10.1. The first-order valence-electron chi connectivity index (χ1n) is 8.74. The third-order valence-corrected chi connectivity index (χ3v) is 4.45. The van der Waals surface area contributed by atoms with Gasteiger partial charge in [-0.25, -0.2) is 4.98 Å². The summed E-state index contributed by atoms with van der Waals surface area (Å²) in [7, 11) is 0. The molecule has 0 unspecified atom stereocenters. The number of rotatable bonds is 4. The summed E-state index contributed by atoms with van der Waals surface area (Å²) in [5.41, 5.74) is 2.59. The van der Waals surface area contributed by atoms with E-state index < -0.39 is 6.55 Å². The Morgan fingerprint density at radius 3 is 2.52 bits per heavy atom. The SMILES string of the molecule is N#Cc1cccc(C(=O)Nc2ccc(-c3nc4ccccc4n3C(F)F)cc2)c1. The number of nitrogens with zero attached hydrogens (tertiary/aromatic N) is 3. The highest BCUT2D eigenvalue weighted by molar-refractivity contribution is 6.04. The standard InChI is InChI=1S/C22H14F2N4O/c23-22(24)28-19-7-2-1-6-18(19)27-20(28)15-8-10-17(11-9-15)26-21(29)16-5-3-4-14(12-16)13-25/h1-12,22H,(H,26,29). The predicted octanol–water partition coefficient (Wildman–Crippen LogP) is 5.22. The molecule has 0 aliphatic rings. The first-order valence-corrected chi connectivity index (χ1v) is 8.74. The maximum Gasteiger partial charge on any atom is 0.320 e. The zero-order chi connectivity index (χ0) is 20.4. The molecule has 29 heavy (non-hydrogen) atoms. The summed E-state index contributed by atoms with van der Waals surface area (Å²) >= 11 is 0. The molecule has 0 bridgehead atoms. The van der Waals surface area contributed by atoms with Gasteiger partial charge in [-0.05, 0) is 54.6 Å². The molecule has 0 fully saturated rings. The Kier molecular flexibility index (Phi) is 4.75. The monoisotopic (exact) mass is 388 g/mol. The van der Waals surface area contributed by atoms with Crippen LogP contribution >= 0.6 is 0 Å². The van der Waals surface area contributed by atoms with Crippen LogP contribution < -0.4 is 5.32 Å². The van der Waals surface area contributed by atoms with Crippen molar-refractivity contribution in [2.75, 3.05) is 5.32 Å². The zero-order valence-corrected chi connectivity index (χ0v) is 15.0. The van der Waals surface area contributed by atoms with Crippen LogP contribution in [-0.2, 0) is 0 Å². The minimum Gasteiger partial charge on any atom is -0.322 e. The largest absolute Gasteiger partial charge is 0.322 e. The van der Waals surface area contributed by atoms with Crippen LogP contribution in [0.15, 0.2) is 72.8 Å². The fourth-order valence-corrected chi connectivity index (χ4v) is 3.08. The third kappa shape index (κ3) is 3.56. The molecule has 7 heteroatoms. The Morgan fingerprint density at radius 2 is 1.79 bits per heavy atom. The van der Waals surface area contributed by atoms with Gasteiger partial charge in [-0.2, -0.15) is 14.0 Å². The van der Waals surface area contributed by atoms with E-state index in [0.717, 1.165) is 4.57 Å². The zero-order valence-electron chi connectivity index (χ0n) is 15.0. The molecule has 0 saturated heterocycles. The molecule has 0 radical (unpaired) electrons. The summed E-state index contributed by atoms with van der Waals surface area (Å²) in [5.74, 6) is -0.213. The molecule has 4 rings (SSSR count). The Morgan fingerprint density at radius 1 is 1.03 bits per heavy atom. The molecule has 1 aromatic heterocycles. The van der Waals surface area contributed by atoms with Crippen LogP contribution in [0.3, 0.4) is 0 Å². The second-order valence-electron chi connectivity index (χ2n) is 6.30. The molecular formula is C22H14F2N4O. The maximum atomic E-state index is 13.6. The average Bonchev–Trinajstić information content (AvgIpc) is 3.14. The molecule has 5 nitrogen and oxygen atoms in total. The molecule has 0 aliphatic heterocycles. The number of carbonyl (C=O) groups is 1. The molecule has 1 amide bonds. The van der Waals surface area contributed by atoms with Crippen LogP contribution in [0, 0.1) is 11.3 Å². The van der Waals surface area contributed by atoms with Crippen LogP contribution in [0.1, 0.15) is 22.5 Å². The molecule has 0 spiro atoms. The fourth-order valence-electron chi connectivity index (χ4n) is 3.08. The quantitative estimate of drug-likeness (QED) is 0.521. The molecule has 1 N–H and O–H groups in total. The fraction of sp³-hybridized carbons (Fsp3) is 0.0455. The molecule has 142 valence electrons. The van der Waals surface area contributed by atoms with Crippen molar-refractivity contribution < 1.29 is 13.6 Å². The summed E-state index contributed by atoms with van der Waals surface area (Å²) < 4.78 is 28.1. The number of nitrogens with one attached hydrogen (secondary N) is 1. The van der Waals surface area contributed by atoms with Gasteiger partial charge in [-0.15, -0.1) is 0 Å². The number of imidazole rings is 1. The van der Waals surface area contributed by atoms with Crippen molar-refractivity contribution >= 4 is 22.6 Å². The summed E-state index contributed by atoms with van der Waals surface area (Å²) in [6, 6.07) is 21.5. The summed E-state index contributed by atoms with van der Waals surface area (Å²) in [4.78, 5) is 16.7. The van der Waals surface area contributed by atoms with Gasteiger partial charge in [-0.1, -0.05) is 18.2 Å². The van der Waals surface area contributed by atoms with E-state index in [9.17, 15) is 13.6 Å². The molecular weight excluding hydrogens is 374 g/mol. The van der Waals surface area contributed by atoms with Gasteiger partial charge < -0.3 is 5.32 Å². The van der Waals surface area contributed by atoms with E-state index in [1.54, 1.807) is 66.7 Å². The number of aromatic nitrogens is 2. The van der Waals surface area contributed by atoms with Crippen LogP contribution in [0.25, 0.3) is 22.4 Å². The smallest absolute Gasteiger partial charge is 0.320 e. The first kappa shape index (κ1) is 18.3. The van der Waals surface area contributed by atoms with Crippen LogP contribution in [0.4, 0.5) is 14.5 Å². The number of fused-ring (bicyclic) bond motifs is 1. The number of halogens is 2. The number of alkyl halides is 2. The number of para-hydroxylation sites is 2. The lowest BCUT2D eigenvalue weighted by Crippen LogP contribution is -2.11. The second kappa shape index (κ2) is 7.52. The van der Waals surface area contributed by atoms with E-state index >= 15 is 0 Å². The highest BCUT2D eigenvalue weighted by atomic mass is 19.3. The normalized spacial score (nSPS) is 10.8. The van der Waals surface area contributed by atoms with Crippen molar-refractivity contribution in [1.82, 2.24) is 9.55 Å². The van der Waals surface area contributed by atoms with Gasteiger partial charge in [0.25, 0.3) is 5.91 Å². The van der Waals surface area contributed by atoms with Crippen molar-refractivity contribution in [3.63, 3.8) is 0 Å². The molecule has 0 atom stereocenters. The maximum absolute atomic E-state index is 13.6. The highest BCUT2D eigenvalue weighted by Gasteiger charge is 2.18. The van der Waals surface area contributed by atoms with Crippen molar-refractivity contribution in [2.24, 2.45) is 0 Å². The molecule has 0 saturated carbocycles. The van der Waals surface area contributed by atoms with Crippen LogP contribution in [0.5, 0.6) is 0 Å². The summed E-state index contributed by atoms with van der Waals surface area (Å²) in [6.45, 7) is -2.73. The van der Waals surface area contributed by atoms with Gasteiger partial charge in [0.05, 0.1) is 22.7 Å². The van der Waals surface area contributed by atoms with Gasteiger partial charge in [-0.3, -0.25) is 9.36 Å².